The van der Waals surface area contributed by atoms with Gasteiger partial charge in [-0.05, 0) is 18.7 Å². The summed E-state index contributed by atoms with van der Waals surface area (Å²) in [6.07, 6.45) is -0.236. The van der Waals surface area contributed by atoms with Crippen molar-refractivity contribution >= 4 is 0 Å². The van der Waals surface area contributed by atoms with E-state index in [-0.39, 0.29) is 18.1 Å². The van der Waals surface area contributed by atoms with Gasteiger partial charge in [0.1, 0.15) is 0 Å². The summed E-state index contributed by atoms with van der Waals surface area (Å²) in [6, 6.07) is 10.2. The van der Waals surface area contributed by atoms with Crippen LogP contribution in [-0.2, 0) is 4.74 Å². The molecule has 1 aliphatic rings. The lowest BCUT2D eigenvalue weighted by atomic mass is 9.87. The summed E-state index contributed by atoms with van der Waals surface area (Å²) in [5.41, 5.74) is 1.17. The van der Waals surface area contributed by atoms with Crippen LogP contribution >= 0.6 is 0 Å². The van der Waals surface area contributed by atoms with Gasteiger partial charge in [0.2, 0.25) is 0 Å². The average molecular weight is 249 g/mol. The minimum absolute atomic E-state index is 0.0664. The minimum atomic E-state index is -0.302. The highest BCUT2D eigenvalue weighted by molar-refractivity contribution is 5.20. The summed E-state index contributed by atoms with van der Waals surface area (Å²) in [4.78, 5) is 2.26. The number of nitrogens with zero attached hydrogens (tertiary/aromatic N) is 1. The molecule has 3 nitrogen and oxygen atoms in total. The van der Waals surface area contributed by atoms with Gasteiger partial charge in [-0.3, -0.25) is 0 Å². The summed E-state index contributed by atoms with van der Waals surface area (Å²) < 4.78 is 5.62. The molecular weight excluding hydrogens is 226 g/mol. The standard InChI is InChI=1S/C15H23NO2/c1-3-16(4-2)10-14(17)13-11-18-15(13)12-8-6-5-7-9-12/h5-9,13-15,17H,3-4,10-11H2,1-2H3/t13-,14?,15+/m0/s1. The van der Waals surface area contributed by atoms with Crippen molar-refractivity contribution in [1.82, 2.24) is 4.90 Å². The van der Waals surface area contributed by atoms with E-state index in [1.807, 2.05) is 18.2 Å². The maximum Gasteiger partial charge on any atom is 0.0900 e. The van der Waals surface area contributed by atoms with Gasteiger partial charge in [0.05, 0.1) is 18.8 Å². The zero-order chi connectivity index (χ0) is 13.0. The number of hydrogen-bond acceptors (Lipinski definition) is 3. The van der Waals surface area contributed by atoms with Gasteiger partial charge in [-0.1, -0.05) is 44.2 Å². The number of ether oxygens (including phenoxy) is 1. The molecule has 1 aromatic rings. The predicted octanol–water partition coefficient (Wildman–Crippen LogP) is 2.08. The zero-order valence-corrected chi connectivity index (χ0v) is 11.2. The maximum absolute atomic E-state index is 10.3. The Morgan fingerprint density at radius 2 is 1.94 bits per heavy atom. The molecule has 1 N–H and O–H groups in total. The second-order valence-corrected chi connectivity index (χ2v) is 4.88. The summed E-state index contributed by atoms with van der Waals surface area (Å²) in [5.74, 6) is 0.230. The van der Waals surface area contributed by atoms with Gasteiger partial charge in [-0.15, -0.1) is 0 Å². The molecule has 1 aromatic carbocycles. The van der Waals surface area contributed by atoms with Gasteiger partial charge in [-0.25, -0.2) is 0 Å². The second kappa shape index (κ2) is 6.32. The van der Waals surface area contributed by atoms with Crippen molar-refractivity contribution in [2.24, 2.45) is 5.92 Å². The second-order valence-electron chi connectivity index (χ2n) is 4.88. The molecule has 0 bridgehead atoms. The van der Waals surface area contributed by atoms with Crippen LogP contribution in [0.3, 0.4) is 0 Å². The molecule has 1 fully saturated rings. The lowest BCUT2D eigenvalue weighted by molar-refractivity contribution is -0.164. The van der Waals surface area contributed by atoms with Gasteiger partial charge >= 0.3 is 0 Å². The summed E-state index contributed by atoms with van der Waals surface area (Å²) in [7, 11) is 0. The molecule has 2 rings (SSSR count). The van der Waals surface area contributed by atoms with E-state index in [1.54, 1.807) is 0 Å². The van der Waals surface area contributed by atoms with Crippen LogP contribution in [0.15, 0.2) is 30.3 Å². The lowest BCUT2D eigenvalue weighted by Crippen LogP contribution is -2.46. The van der Waals surface area contributed by atoms with Crippen LogP contribution in [0.2, 0.25) is 0 Å². The van der Waals surface area contributed by atoms with Crippen molar-refractivity contribution < 1.29 is 9.84 Å². The average Bonchev–Trinajstić information content (AvgIpc) is 2.36. The van der Waals surface area contributed by atoms with Gasteiger partial charge in [0.25, 0.3) is 0 Å². The minimum Gasteiger partial charge on any atom is -0.391 e. The maximum atomic E-state index is 10.3. The van der Waals surface area contributed by atoms with Crippen LogP contribution < -0.4 is 0 Å². The molecule has 0 aromatic heterocycles. The smallest absolute Gasteiger partial charge is 0.0900 e. The Labute approximate surface area is 109 Å². The van der Waals surface area contributed by atoms with E-state index in [0.717, 1.165) is 19.6 Å². The first-order valence-corrected chi connectivity index (χ1v) is 6.83. The molecule has 18 heavy (non-hydrogen) atoms. The zero-order valence-electron chi connectivity index (χ0n) is 11.2. The van der Waals surface area contributed by atoms with Crippen molar-refractivity contribution in [3.05, 3.63) is 35.9 Å². The largest absolute Gasteiger partial charge is 0.391 e. The third-order valence-electron chi connectivity index (χ3n) is 3.82. The molecule has 0 spiro atoms. The van der Waals surface area contributed by atoms with Crippen LogP contribution in [0.5, 0.6) is 0 Å². The number of hydrogen-bond donors (Lipinski definition) is 1. The normalized spacial score (nSPS) is 24.9. The highest BCUT2D eigenvalue weighted by atomic mass is 16.5. The highest BCUT2D eigenvalue weighted by Crippen LogP contribution is 2.37. The molecule has 1 aliphatic heterocycles. The number of rotatable bonds is 6. The first-order chi connectivity index (χ1) is 8.76. The van der Waals surface area contributed by atoms with Gasteiger partial charge in [0.15, 0.2) is 0 Å². The van der Waals surface area contributed by atoms with Crippen molar-refractivity contribution in [3.8, 4) is 0 Å². The third-order valence-corrected chi connectivity index (χ3v) is 3.82. The first kappa shape index (κ1) is 13.5. The number of aliphatic hydroxyl groups is 1. The van der Waals surface area contributed by atoms with Gasteiger partial charge in [-0.2, -0.15) is 0 Å². The number of aliphatic hydroxyl groups excluding tert-OH is 1. The van der Waals surface area contributed by atoms with E-state index < -0.39 is 0 Å². The number of benzene rings is 1. The lowest BCUT2D eigenvalue weighted by Gasteiger charge is -2.41. The molecule has 3 heteroatoms. The summed E-state index contributed by atoms with van der Waals surface area (Å²) in [6.45, 7) is 7.63. The van der Waals surface area contributed by atoms with E-state index in [0.29, 0.717) is 6.61 Å². The van der Waals surface area contributed by atoms with Crippen molar-refractivity contribution in [2.75, 3.05) is 26.2 Å². The monoisotopic (exact) mass is 249 g/mol. The quantitative estimate of drug-likeness (QED) is 0.838. The fourth-order valence-electron chi connectivity index (χ4n) is 2.48. The Balaban J connectivity index is 1.93. The molecule has 0 radical (unpaired) electrons. The molecule has 1 saturated heterocycles. The van der Waals surface area contributed by atoms with Crippen LogP contribution in [0, 0.1) is 5.92 Å². The molecule has 100 valence electrons. The molecular formula is C15H23NO2. The Bertz CT molecular complexity index is 351. The van der Waals surface area contributed by atoms with Crippen LogP contribution in [-0.4, -0.2) is 42.4 Å². The Morgan fingerprint density at radius 3 is 2.44 bits per heavy atom. The Kier molecular flexibility index (Phi) is 4.75. The topological polar surface area (TPSA) is 32.7 Å². The molecule has 1 heterocycles. The highest BCUT2D eigenvalue weighted by Gasteiger charge is 2.38. The Morgan fingerprint density at radius 1 is 1.28 bits per heavy atom. The van der Waals surface area contributed by atoms with E-state index in [1.165, 1.54) is 5.56 Å². The SMILES string of the molecule is CCN(CC)CC(O)[C@@H]1CO[C@@H]1c1ccccc1. The fourth-order valence-corrected chi connectivity index (χ4v) is 2.48. The molecule has 0 saturated carbocycles. The van der Waals surface area contributed by atoms with Gasteiger partial charge in [0, 0.05) is 12.5 Å². The predicted molar refractivity (Wildman–Crippen MR) is 72.4 cm³/mol. The first-order valence-electron chi connectivity index (χ1n) is 6.83. The molecule has 0 amide bonds. The molecule has 1 unspecified atom stereocenters. The van der Waals surface area contributed by atoms with Crippen molar-refractivity contribution in [2.45, 2.75) is 26.1 Å². The van der Waals surface area contributed by atoms with E-state index in [2.05, 4.69) is 30.9 Å². The van der Waals surface area contributed by atoms with Crippen LogP contribution in [0.25, 0.3) is 0 Å². The van der Waals surface area contributed by atoms with E-state index in [9.17, 15) is 5.11 Å². The summed E-state index contributed by atoms with van der Waals surface area (Å²) >= 11 is 0. The van der Waals surface area contributed by atoms with Crippen molar-refractivity contribution in [1.29, 1.82) is 0 Å². The van der Waals surface area contributed by atoms with E-state index in [4.69, 9.17) is 4.74 Å². The van der Waals surface area contributed by atoms with Gasteiger partial charge < -0.3 is 14.7 Å². The van der Waals surface area contributed by atoms with Crippen molar-refractivity contribution in [3.63, 3.8) is 0 Å². The van der Waals surface area contributed by atoms with Crippen LogP contribution in [0.4, 0.5) is 0 Å². The Hall–Kier alpha value is -0.900. The summed E-state index contributed by atoms with van der Waals surface area (Å²) in [5, 5.41) is 10.3. The molecule has 3 atom stereocenters. The third kappa shape index (κ3) is 2.91. The van der Waals surface area contributed by atoms with E-state index >= 15 is 0 Å². The number of likely N-dealkylation sites (N-methyl/N-ethyl adjacent to an activating group) is 1. The fraction of sp³-hybridized carbons (Fsp3) is 0.600. The molecule has 0 aliphatic carbocycles. The van der Waals surface area contributed by atoms with Crippen LogP contribution in [0.1, 0.15) is 25.5 Å².